The first kappa shape index (κ1) is 74.6. The molecule has 6 heteroatoms. The van der Waals surface area contributed by atoms with E-state index in [4.69, 9.17) is 0 Å². The van der Waals surface area contributed by atoms with E-state index in [-0.39, 0.29) is 16.6 Å². The second-order valence-electron chi connectivity index (χ2n) is 37.5. The van der Waals surface area contributed by atoms with Gasteiger partial charge in [0.2, 0.25) is 0 Å². The fraction of sp³-hybridized carbons (Fsp3) is 0.185. The zero-order valence-electron chi connectivity index (χ0n) is 70.2. The van der Waals surface area contributed by atoms with E-state index in [0.29, 0.717) is 23.7 Å². The van der Waals surface area contributed by atoms with Gasteiger partial charge in [0.1, 0.15) is 5.82 Å². The molecular weight excluding hydrogens is 1550 g/mol. The summed E-state index contributed by atoms with van der Waals surface area (Å²) in [4.78, 5) is 4.81. The molecular formula is C119H92FN3S2. The number of hydrogen-bond donors (Lipinski definition) is 0. The van der Waals surface area contributed by atoms with Gasteiger partial charge in [-0.2, -0.15) is 5.26 Å². The predicted molar refractivity (Wildman–Crippen MR) is 521 cm³/mol. The fourth-order valence-electron chi connectivity index (χ4n) is 26.3. The maximum atomic E-state index is 16.4. The highest BCUT2D eigenvalue weighted by Gasteiger charge is 2.64. The molecule has 2 spiro atoms. The minimum absolute atomic E-state index is 0.0391. The van der Waals surface area contributed by atoms with Crippen molar-refractivity contribution >= 4 is 97.1 Å². The quantitative estimate of drug-likeness (QED) is 0.122. The highest BCUT2D eigenvalue weighted by atomic mass is 32.1. The van der Waals surface area contributed by atoms with Gasteiger partial charge in [-0.3, -0.25) is 0 Å². The number of aryl methyl sites for hydroxylation is 2. The Bertz CT molecular complexity index is 7340. The van der Waals surface area contributed by atoms with Gasteiger partial charge in [-0.15, -0.1) is 22.7 Å². The van der Waals surface area contributed by atoms with Crippen LogP contribution >= 0.6 is 22.7 Å². The summed E-state index contributed by atoms with van der Waals surface area (Å²) >= 11 is 3.74. The van der Waals surface area contributed by atoms with E-state index in [1.165, 1.54) is 210 Å². The first-order chi connectivity index (χ1) is 61.6. The molecule has 16 aromatic carbocycles. The molecule has 2 heterocycles. The molecule has 0 unspecified atom stereocenters. The van der Waals surface area contributed by atoms with Crippen LogP contribution in [-0.2, 0) is 10.8 Å². The molecule has 0 N–H and O–H groups in total. The summed E-state index contributed by atoms with van der Waals surface area (Å²) in [5.74, 6) is 5.70. The van der Waals surface area contributed by atoms with Crippen molar-refractivity contribution in [1.29, 1.82) is 5.26 Å². The van der Waals surface area contributed by atoms with Gasteiger partial charge in [-0.05, 0) is 334 Å². The molecule has 8 bridgehead atoms. The number of fused-ring (bicyclic) bond motifs is 12. The number of rotatable bonds is 12. The fourth-order valence-corrected chi connectivity index (χ4v) is 28.7. The molecule has 8 saturated carbocycles. The van der Waals surface area contributed by atoms with Crippen molar-refractivity contribution < 1.29 is 4.39 Å². The number of nitrogens with zero attached hydrogens (tertiary/aromatic N) is 3. The van der Waals surface area contributed by atoms with E-state index in [9.17, 15) is 5.26 Å². The SMILES string of the molecule is Cc1ccc(-c2ccc(N(c3ccc(-c4ccccc4)cc3)c3cccc4sc5c(-c6cc(C#N)c7c(c6)-c6ccccc6C76C7CC8CC(C7)CC6C8)cccc5c34)cc2)cc1.Cc1ccccc1-c1ccc(N(c2ccc(-c3ccccc3)cc2)c2ccc3c(c2)sc2cc(-c4ccc(F)c5c4C4(c6ccccc6-5)C5CC6CC(C5)CC4C6)ccc23)cc1. The van der Waals surface area contributed by atoms with E-state index in [0.717, 1.165) is 80.0 Å². The van der Waals surface area contributed by atoms with Crippen LogP contribution in [0.25, 0.3) is 129 Å². The second kappa shape index (κ2) is 29.3. The van der Waals surface area contributed by atoms with Crippen molar-refractivity contribution in [3.05, 3.63) is 397 Å². The maximum absolute atomic E-state index is 16.4. The van der Waals surface area contributed by atoms with Crippen LogP contribution in [-0.4, -0.2) is 0 Å². The van der Waals surface area contributed by atoms with Crippen molar-refractivity contribution in [2.24, 2.45) is 47.3 Å². The Kier molecular flexibility index (Phi) is 17.5. The Morgan fingerprint density at radius 3 is 1.34 bits per heavy atom. The van der Waals surface area contributed by atoms with Crippen LogP contribution in [0.1, 0.15) is 103 Å². The van der Waals surface area contributed by atoms with E-state index in [1.807, 2.05) is 22.7 Å². The molecule has 0 aliphatic heterocycles. The Hall–Kier alpha value is -13.0. The molecule has 125 heavy (non-hydrogen) atoms. The zero-order valence-corrected chi connectivity index (χ0v) is 71.8. The van der Waals surface area contributed by atoms with Crippen LogP contribution in [0.2, 0.25) is 0 Å². The van der Waals surface area contributed by atoms with Crippen LogP contribution < -0.4 is 9.80 Å². The number of benzene rings is 16. The molecule has 0 radical (unpaired) electrons. The highest BCUT2D eigenvalue weighted by Crippen LogP contribution is 2.73. The van der Waals surface area contributed by atoms with E-state index >= 15 is 4.39 Å². The molecule has 3 nitrogen and oxygen atoms in total. The van der Waals surface area contributed by atoms with Crippen molar-refractivity contribution in [2.45, 2.75) is 88.9 Å². The monoisotopic (exact) mass is 1650 g/mol. The second-order valence-corrected chi connectivity index (χ2v) is 39.7. The molecule has 10 aliphatic rings. The van der Waals surface area contributed by atoms with Crippen LogP contribution in [0.5, 0.6) is 0 Å². The van der Waals surface area contributed by atoms with Gasteiger partial charge in [0, 0.05) is 85.2 Å². The standard InChI is InChI=1S/C60H46N2S.C59H46FNS/c1-37-17-19-41(20-18-37)43-23-27-49(28-24-43)62(48-25-21-42(22-26-48)40-9-3-2-4-10-40)55-15-8-16-56-57(55)52-13-7-12-50(59(52)63-56)44-34-45(36-61)58-53(35-44)51-11-5-6-14-54(51)60(58)46-30-38-29-39(32-46)33-47(60)31-38;1-36-9-5-6-12-48(36)41-17-22-46(23-18-41)61(45-20-15-40(16-21-45)39-10-3-2-4-11-39)47-24-26-51-50-25-19-42(34-55(50)62-56(51)35-47)49-27-28-54(60)57-52-13-7-8-14-53(52)59(58(49)57)43-30-37-29-38(32-43)33-44(59)31-37/h2-28,34-35,38-39,46-47H,29-33H2,1H3;2-28,34-35,37-38,43-44H,29-33H2,1H3. The number of thiophene rings is 2. The topological polar surface area (TPSA) is 30.3 Å². The first-order valence-corrected chi connectivity index (χ1v) is 47.0. The Morgan fingerprint density at radius 2 is 0.768 bits per heavy atom. The van der Waals surface area contributed by atoms with Gasteiger partial charge >= 0.3 is 0 Å². The molecule has 0 saturated heterocycles. The average Bonchev–Trinajstić information content (AvgIpc) is 1.53. The largest absolute Gasteiger partial charge is 0.310 e. The van der Waals surface area contributed by atoms with Crippen LogP contribution in [0, 0.1) is 78.3 Å². The molecule has 18 aromatic rings. The predicted octanol–water partition coefficient (Wildman–Crippen LogP) is 33.1. The Morgan fingerprint density at radius 1 is 0.312 bits per heavy atom. The number of anilines is 6. The molecule has 602 valence electrons. The lowest BCUT2D eigenvalue weighted by Crippen LogP contribution is -2.55. The smallest absolute Gasteiger partial charge is 0.131 e. The molecule has 10 aliphatic carbocycles. The minimum atomic E-state index is -0.109. The van der Waals surface area contributed by atoms with Gasteiger partial charge in [-0.1, -0.05) is 260 Å². The number of hydrogen-bond acceptors (Lipinski definition) is 5. The van der Waals surface area contributed by atoms with Crippen molar-refractivity contribution in [3.8, 4) is 95.1 Å². The summed E-state index contributed by atoms with van der Waals surface area (Å²) in [6.45, 7) is 4.31. The lowest BCUT2D eigenvalue weighted by Gasteiger charge is -2.61. The third-order valence-corrected chi connectivity index (χ3v) is 33.4. The molecule has 8 fully saturated rings. The third kappa shape index (κ3) is 11.7. The Balaban J connectivity index is 0.000000137. The van der Waals surface area contributed by atoms with Gasteiger partial charge in [0.05, 0.1) is 17.3 Å². The summed E-state index contributed by atoms with van der Waals surface area (Å²) in [5, 5.41) is 16.2. The van der Waals surface area contributed by atoms with Crippen LogP contribution in [0.15, 0.2) is 352 Å². The summed E-state index contributed by atoms with van der Waals surface area (Å²) in [5.41, 5.74) is 34.6. The van der Waals surface area contributed by atoms with Crippen LogP contribution in [0.3, 0.4) is 0 Å². The minimum Gasteiger partial charge on any atom is -0.310 e. The normalized spacial score (nSPS) is 21.6. The molecule has 2 aromatic heterocycles. The van der Waals surface area contributed by atoms with Gasteiger partial charge < -0.3 is 9.80 Å². The molecule has 28 rings (SSSR count). The summed E-state index contributed by atoms with van der Waals surface area (Å²) in [6, 6.07) is 132. The van der Waals surface area contributed by atoms with Crippen molar-refractivity contribution in [3.63, 3.8) is 0 Å². The van der Waals surface area contributed by atoms with Crippen molar-refractivity contribution in [1.82, 2.24) is 0 Å². The van der Waals surface area contributed by atoms with Gasteiger partial charge in [0.15, 0.2) is 0 Å². The van der Waals surface area contributed by atoms with E-state index in [2.05, 4.69) is 375 Å². The zero-order chi connectivity index (χ0) is 82.9. The number of nitriles is 1. The summed E-state index contributed by atoms with van der Waals surface area (Å²) in [6.07, 6.45) is 13.2. The lowest BCUT2D eigenvalue weighted by atomic mass is 9.42. The summed E-state index contributed by atoms with van der Waals surface area (Å²) < 4.78 is 21.4. The third-order valence-electron chi connectivity index (χ3n) is 31.0. The maximum Gasteiger partial charge on any atom is 0.131 e. The average molecular weight is 1650 g/mol. The number of halogens is 1. The molecule has 0 amide bonds. The van der Waals surface area contributed by atoms with Crippen molar-refractivity contribution in [2.75, 3.05) is 9.80 Å². The lowest BCUT2D eigenvalue weighted by molar-refractivity contribution is -0.0400. The Labute approximate surface area is 739 Å². The van der Waals surface area contributed by atoms with Crippen LogP contribution in [0.4, 0.5) is 38.5 Å². The highest BCUT2D eigenvalue weighted by molar-refractivity contribution is 7.26. The van der Waals surface area contributed by atoms with Gasteiger partial charge in [0.25, 0.3) is 0 Å². The van der Waals surface area contributed by atoms with Gasteiger partial charge in [-0.25, -0.2) is 4.39 Å². The summed E-state index contributed by atoms with van der Waals surface area (Å²) in [7, 11) is 0. The molecule has 0 atom stereocenters. The van der Waals surface area contributed by atoms with E-state index in [1.54, 1.807) is 6.07 Å². The van der Waals surface area contributed by atoms with E-state index < -0.39 is 0 Å². The first-order valence-electron chi connectivity index (χ1n) is 45.3.